The maximum absolute atomic E-state index is 12.9. The highest BCUT2D eigenvalue weighted by Gasteiger charge is 2.38. The summed E-state index contributed by atoms with van der Waals surface area (Å²) < 4.78 is 50.4. The summed E-state index contributed by atoms with van der Waals surface area (Å²) in [7, 11) is -7.05. The Morgan fingerprint density at radius 2 is 1.96 bits per heavy atom. The molecule has 140 valence electrons. The van der Waals surface area contributed by atoms with E-state index in [1.54, 1.807) is 12.1 Å². The summed E-state index contributed by atoms with van der Waals surface area (Å²) >= 11 is 0. The first-order chi connectivity index (χ1) is 11.7. The minimum absolute atomic E-state index is 0.0100. The molecule has 1 aliphatic rings. The van der Waals surface area contributed by atoms with Gasteiger partial charge in [0.05, 0.1) is 16.4 Å². The van der Waals surface area contributed by atoms with Gasteiger partial charge in [0.2, 0.25) is 15.9 Å². The molecule has 0 aliphatic carbocycles. The topological polar surface area (TPSA) is 127 Å². The average molecular weight is 389 g/mol. The van der Waals surface area contributed by atoms with E-state index in [2.05, 4.69) is 5.32 Å². The van der Waals surface area contributed by atoms with Crippen molar-refractivity contribution in [2.75, 3.05) is 24.6 Å². The number of carbonyl (C=O) groups excluding carboxylic acids is 1. The van der Waals surface area contributed by atoms with Crippen LogP contribution in [0.3, 0.4) is 0 Å². The van der Waals surface area contributed by atoms with Gasteiger partial charge >= 0.3 is 0 Å². The van der Waals surface area contributed by atoms with Crippen LogP contribution in [-0.4, -0.2) is 57.7 Å². The second kappa shape index (κ2) is 7.81. The highest BCUT2D eigenvalue weighted by Crippen LogP contribution is 2.25. The number of benzene rings is 1. The Balaban J connectivity index is 2.23. The first kappa shape index (κ1) is 19.8. The van der Waals surface area contributed by atoms with Crippen molar-refractivity contribution in [1.29, 1.82) is 0 Å². The van der Waals surface area contributed by atoms with E-state index in [0.29, 0.717) is 6.54 Å². The molecule has 1 fully saturated rings. The maximum Gasteiger partial charge on any atom is 0.243 e. The zero-order chi connectivity index (χ0) is 18.7. The number of hydrogen-bond donors (Lipinski definition) is 2. The molecule has 0 spiro atoms. The normalized spacial score (nSPS) is 19.9. The van der Waals surface area contributed by atoms with Crippen molar-refractivity contribution in [3.63, 3.8) is 0 Å². The maximum atomic E-state index is 12.9. The lowest BCUT2D eigenvalue weighted by Gasteiger charge is -2.27. The Bertz CT molecular complexity index is 819. The van der Waals surface area contributed by atoms with E-state index in [0.717, 1.165) is 5.56 Å². The Morgan fingerprint density at radius 1 is 1.32 bits per heavy atom. The van der Waals surface area contributed by atoms with E-state index in [4.69, 9.17) is 5.73 Å². The summed E-state index contributed by atoms with van der Waals surface area (Å²) in [4.78, 5) is 11.0. The van der Waals surface area contributed by atoms with Crippen LogP contribution in [-0.2, 0) is 31.2 Å². The molecule has 1 aliphatic heterocycles. The van der Waals surface area contributed by atoms with Gasteiger partial charge in [0.25, 0.3) is 0 Å². The largest absolute Gasteiger partial charge is 0.352 e. The fourth-order valence-corrected chi connectivity index (χ4v) is 6.26. The number of nitrogens with one attached hydrogen (secondary N) is 1. The van der Waals surface area contributed by atoms with Crippen LogP contribution >= 0.6 is 0 Å². The molecule has 25 heavy (non-hydrogen) atoms. The molecule has 10 heteroatoms. The molecule has 3 N–H and O–H groups in total. The highest BCUT2D eigenvalue weighted by atomic mass is 32.2. The van der Waals surface area contributed by atoms with Crippen molar-refractivity contribution in [2.24, 2.45) is 5.73 Å². The van der Waals surface area contributed by atoms with Crippen LogP contribution in [0.2, 0.25) is 0 Å². The number of sulfone groups is 1. The lowest BCUT2D eigenvalue weighted by Crippen LogP contribution is -2.43. The van der Waals surface area contributed by atoms with Crippen LogP contribution in [0.1, 0.15) is 18.9 Å². The first-order valence-corrected chi connectivity index (χ1v) is 11.2. The Morgan fingerprint density at radius 3 is 2.44 bits per heavy atom. The van der Waals surface area contributed by atoms with Crippen LogP contribution in [0.15, 0.2) is 29.2 Å². The van der Waals surface area contributed by atoms with Crippen molar-refractivity contribution in [2.45, 2.75) is 30.8 Å². The quantitative estimate of drug-likeness (QED) is 0.645. The van der Waals surface area contributed by atoms with Crippen LogP contribution in [0.4, 0.5) is 0 Å². The molecule has 2 rings (SSSR count). The molecule has 1 atom stereocenters. The van der Waals surface area contributed by atoms with Gasteiger partial charge in [-0.3, -0.25) is 4.79 Å². The Hall–Kier alpha value is -1.49. The summed E-state index contributed by atoms with van der Waals surface area (Å²) in [5.74, 6) is -0.357. The van der Waals surface area contributed by atoms with Gasteiger partial charge in [-0.05, 0) is 24.1 Å². The minimum atomic E-state index is -3.84. The zero-order valence-electron chi connectivity index (χ0n) is 14.0. The van der Waals surface area contributed by atoms with Crippen molar-refractivity contribution in [3.05, 3.63) is 29.8 Å². The number of nitrogens with two attached hydrogens (primary N) is 1. The monoisotopic (exact) mass is 389 g/mol. The first-order valence-electron chi connectivity index (χ1n) is 7.91. The van der Waals surface area contributed by atoms with Gasteiger partial charge < -0.3 is 11.1 Å². The minimum Gasteiger partial charge on any atom is -0.352 e. The van der Waals surface area contributed by atoms with Gasteiger partial charge in [-0.2, -0.15) is 4.31 Å². The second-order valence-electron chi connectivity index (χ2n) is 6.01. The van der Waals surface area contributed by atoms with Crippen molar-refractivity contribution >= 4 is 25.8 Å². The van der Waals surface area contributed by atoms with Crippen LogP contribution in [0.5, 0.6) is 0 Å². The molecule has 0 radical (unpaired) electrons. The summed E-state index contributed by atoms with van der Waals surface area (Å²) in [6.45, 7) is 1.88. The molecule has 0 saturated carbocycles. The number of nitrogens with zero attached hydrogens (tertiary/aromatic N) is 1. The van der Waals surface area contributed by atoms with E-state index in [-0.39, 0.29) is 41.8 Å². The standard InChI is InChI=1S/C15H23N3O5S2/c1-12(19)17-10-13-2-4-15(5-3-13)25(22,23)18(8-7-16)14-6-9-24(20,21)11-14/h2-5,14H,6-11,16H2,1H3,(H,17,19)/t14-/m0/s1. The lowest BCUT2D eigenvalue weighted by atomic mass is 10.2. The molecule has 1 saturated heterocycles. The van der Waals surface area contributed by atoms with Gasteiger partial charge in [0.15, 0.2) is 9.84 Å². The van der Waals surface area contributed by atoms with Gasteiger partial charge in [-0.25, -0.2) is 16.8 Å². The van der Waals surface area contributed by atoms with Crippen LogP contribution in [0, 0.1) is 0 Å². The Kier molecular flexibility index (Phi) is 6.20. The molecule has 8 nitrogen and oxygen atoms in total. The van der Waals surface area contributed by atoms with Crippen molar-refractivity contribution in [1.82, 2.24) is 9.62 Å². The molecule has 0 aromatic heterocycles. The number of carbonyl (C=O) groups is 1. The molecular formula is C15H23N3O5S2. The third-order valence-corrected chi connectivity index (χ3v) is 7.75. The smallest absolute Gasteiger partial charge is 0.243 e. The fourth-order valence-electron chi connectivity index (χ4n) is 2.77. The Labute approximate surface area is 148 Å². The van der Waals surface area contributed by atoms with Crippen LogP contribution < -0.4 is 11.1 Å². The molecule has 1 amide bonds. The number of amides is 1. The van der Waals surface area contributed by atoms with Gasteiger partial charge in [-0.15, -0.1) is 0 Å². The van der Waals surface area contributed by atoms with E-state index in [1.807, 2.05) is 0 Å². The summed E-state index contributed by atoms with van der Waals surface area (Å²) in [5, 5.41) is 2.63. The molecular weight excluding hydrogens is 366 g/mol. The van der Waals surface area contributed by atoms with Crippen molar-refractivity contribution < 1.29 is 21.6 Å². The van der Waals surface area contributed by atoms with E-state index >= 15 is 0 Å². The van der Waals surface area contributed by atoms with E-state index < -0.39 is 25.9 Å². The molecule has 1 heterocycles. The summed E-state index contributed by atoms with van der Waals surface area (Å²) in [6.07, 6.45) is 0.280. The summed E-state index contributed by atoms with van der Waals surface area (Å²) in [5.41, 5.74) is 6.30. The fraction of sp³-hybridized carbons (Fsp3) is 0.533. The van der Waals surface area contributed by atoms with E-state index in [9.17, 15) is 21.6 Å². The summed E-state index contributed by atoms with van der Waals surface area (Å²) in [6, 6.07) is 5.57. The van der Waals surface area contributed by atoms with Gasteiger partial charge in [0, 0.05) is 32.6 Å². The van der Waals surface area contributed by atoms with Crippen LogP contribution in [0.25, 0.3) is 0 Å². The molecule has 1 aromatic rings. The van der Waals surface area contributed by atoms with E-state index in [1.165, 1.54) is 23.4 Å². The molecule has 0 unspecified atom stereocenters. The molecule has 0 bridgehead atoms. The predicted molar refractivity (Wildman–Crippen MR) is 94.0 cm³/mol. The van der Waals surface area contributed by atoms with Gasteiger partial charge in [-0.1, -0.05) is 12.1 Å². The third-order valence-electron chi connectivity index (χ3n) is 4.04. The zero-order valence-corrected chi connectivity index (χ0v) is 15.6. The number of sulfonamides is 1. The number of rotatable bonds is 7. The second-order valence-corrected chi connectivity index (χ2v) is 10.1. The molecule has 1 aromatic carbocycles. The predicted octanol–water partition coefficient (Wildman–Crippen LogP) is -0.541. The van der Waals surface area contributed by atoms with Gasteiger partial charge in [0.1, 0.15) is 0 Å². The third kappa shape index (κ3) is 5.00. The number of hydrogen-bond acceptors (Lipinski definition) is 6. The highest BCUT2D eigenvalue weighted by molar-refractivity contribution is 7.92. The van der Waals surface area contributed by atoms with Crippen molar-refractivity contribution in [3.8, 4) is 0 Å². The average Bonchev–Trinajstić information content (AvgIpc) is 2.90. The lowest BCUT2D eigenvalue weighted by molar-refractivity contribution is -0.119. The SMILES string of the molecule is CC(=O)NCc1ccc(S(=O)(=O)N(CCN)[C@H]2CCS(=O)(=O)C2)cc1.